The molecule has 0 spiro atoms. The molecule has 3 heterocycles. The van der Waals surface area contributed by atoms with Crippen LogP contribution in [0.25, 0.3) is 21.7 Å². The molecule has 0 aliphatic carbocycles. The molecule has 1 fully saturated rings. The van der Waals surface area contributed by atoms with E-state index in [9.17, 15) is 4.39 Å². The average Bonchev–Trinajstić information content (AvgIpc) is 3.20. The van der Waals surface area contributed by atoms with Crippen LogP contribution in [0.4, 0.5) is 4.39 Å². The highest BCUT2D eigenvalue weighted by Gasteiger charge is 2.25. The fourth-order valence-corrected chi connectivity index (χ4v) is 4.34. The number of aromatic nitrogens is 2. The molecule has 0 atom stereocenters. The van der Waals surface area contributed by atoms with E-state index in [2.05, 4.69) is 15.0 Å². The van der Waals surface area contributed by atoms with Gasteiger partial charge in [0.1, 0.15) is 11.6 Å². The lowest BCUT2D eigenvalue weighted by atomic mass is 9.91. The monoisotopic (exact) mass is 405 g/mol. The molecule has 0 N–H and O–H groups in total. The van der Waals surface area contributed by atoms with E-state index < -0.39 is 0 Å². The Morgan fingerprint density at radius 1 is 1.10 bits per heavy atom. The molecule has 0 amide bonds. The lowest BCUT2D eigenvalue weighted by Crippen LogP contribution is -2.34. The van der Waals surface area contributed by atoms with E-state index >= 15 is 0 Å². The van der Waals surface area contributed by atoms with Gasteiger partial charge >= 0.3 is 0 Å². The fourth-order valence-electron chi connectivity index (χ4n) is 4.34. The zero-order chi connectivity index (χ0) is 20.3. The molecule has 4 aromatic rings. The summed E-state index contributed by atoms with van der Waals surface area (Å²) in [6, 6.07) is 12.7. The number of hydrogen-bond acceptors (Lipinski definition) is 5. The average molecular weight is 405 g/mol. The van der Waals surface area contributed by atoms with Crippen LogP contribution in [0.3, 0.4) is 0 Å². The van der Waals surface area contributed by atoms with Crippen LogP contribution in [0.15, 0.2) is 59.4 Å². The predicted molar refractivity (Wildman–Crippen MR) is 114 cm³/mol. The Labute approximate surface area is 174 Å². The summed E-state index contributed by atoms with van der Waals surface area (Å²) in [6.07, 6.45) is 6.72. The number of hydrogen-bond donors (Lipinski definition) is 0. The second kappa shape index (κ2) is 8.40. The number of benzene rings is 2. The van der Waals surface area contributed by atoms with Crippen LogP contribution in [-0.2, 0) is 0 Å². The number of piperidine rings is 1. The van der Waals surface area contributed by atoms with E-state index in [4.69, 9.17) is 9.26 Å². The minimum Gasteiger partial charge on any atom is -0.493 e. The summed E-state index contributed by atoms with van der Waals surface area (Å²) in [4.78, 5) is 6.65. The lowest BCUT2D eigenvalue weighted by molar-refractivity contribution is 0.191. The first-order valence-electron chi connectivity index (χ1n) is 10.5. The highest BCUT2D eigenvalue weighted by Crippen LogP contribution is 2.32. The van der Waals surface area contributed by atoms with Crippen LogP contribution < -0.4 is 4.74 Å². The molecule has 5 nitrogen and oxygen atoms in total. The van der Waals surface area contributed by atoms with Crippen molar-refractivity contribution < 1.29 is 13.7 Å². The Kier molecular flexibility index (Phi) is 5.32. The highest BCUT2D eigenvalue weighted by molar-refractivity contribution is 5.87. The molecule has 5 rings (SSSR count). The first-order valence-corrected chi connectivity index (χ1v) is 10.5. The number of likely N-dealkylation sites (tertiary alicyclic amines) is 1. The zero-order valence-corrected chi connectivity index (χ0v) is 16.8. The van der Waals surface area contributed by atoms with Gasteiger partial charge in [-0.1, -0.05) is 17.3 Å². The van der Waals surface area contributed by atoms with Gasteiger partial charge in [-0.05, 0) is 56.6 Å². The molecule has 2 aromatic heterocycles. The Morgan fingerprint density at radius 3 is 2.90 bits per heavy atom. The van der Waals surface area contributed by atoms with Gasteiger partial charge in [-0.15, -0.1) is 0 Å². The largest absolute Gasteiger partial charge is 0.493 e. The third-order valence-corrected chi connectivity index (χ3v) is 5.95. The van der Waals surface area contributed by atoms with Crippen molar-refractivity contribution in [2.75, 3.05) is 26.2 Å². The van der Waals surface area contributed by atoms with Crippen molar-refractivity contribution in [3.05, 3.63) is 66.4 Å². The lowest BCUT2D eigenvalue weighted by Gasteiger charge is -2.31. The Hall–Kier alpha value is -2.99. The van der Waals surface area contributed by atoms with Crippen molar-refractivity contribution in [3.8, 4) is 5.75 Å². The summed E-state index contributed by atoms with van der Waals surface area (Å²) in [7, 11) is 0. The molecule has 0 radical (unpaired) electrons. The number of pyridine rings is 1. The molecule has 1 aliphatic rings. The number of fused-ring (bicyclic) bond motifs is 2. The van der Waals surface area contributed by atoms with E-state index in [-0.39, 0.29) is 5.82 Å². The third kappa shape index (κ3) is 3.87. The van der Waals surface area contributed by atoms with E-state index in [1.807, 2.05) is 30.5 Å². The zero-order valence-electron chi connectivity index (χ0n) is 16.8. The SMILES string of the molecule is Fc1ccc2c(C3CCN(CCCOc4cccc5cnccc45)CC3)noc2c1. The van der Waals surface area contributed by atoms with Crippen molar-refractivity contribution in [2.24, 2.45) is 0 Å². The first kappa shape index (κ1) is 19.0. The number of nitrogens with zero attached hydrogens (tertiary/aromatic N) is 3. The van der Waals surface area contributed by atoms with Crippen molar-refractivity contribution in [1.82, 2.24) is 15.0 Å². The Bertz CT molecular complexity index is 1150. The van der Waals surface area contributed by atoms with E-state index in [0.717, 1.165) is 66.5 Å². The quantitative estimate of drug-likeness (QED) is 0.415. The van der Waals surface area contributed by atoms with Crippen molar-refractivity contribution in [2.45, 2.75) is 25.2 Å². The van der Waals surface area contributed by atoms with Gasteiger partial charge in [0.2, 0.25) is 0 Å². The molecule has 154 valence electrons. The maximum atomic E-state index is 13.4. The molecule has 30 heavy (non-hydrogen) atoms. The van der Waals surface area contributed by atoms with E-state index in [0.29, 0.717) is 18.1 Å². The normalized spacial score (nSPS) is 15.8. The standard InChI is InChI=1S/C24H24FN3O2/c25-19-5-6-21-23(15-19)30-27-24(21)17-8-12-28(13-9-17)11-2-14-29-22-4-1-3-18-16-26-10-7-20(18)22/h1,3-7,10,15-17H,2,8-9,11-14H2. The van der Waals surface area contributed by atoms with Crippen LogP contribution in [0.5, 0.6) is 5.75 Å². The smallest absolute Gasteiger partial charge is 0.170 e. The molecule has 1 saturated heterocycles. The van der Waals surface area contributed by atoms with Crippen LogP contribution >= 0.6 is 0 Å². The topological polar surface area (TPSA) is 51.4 Å². The minimum absolute atomic E-state index is 0.289. The highest BCUT2D eigenvalue weighted by atomic mass is 19.1. The summed E-state index contributed by atoms with van der Waals surface area (Å²) in [5.41, 5.74) is 1.51. The molecule has 1 aliphatic heterocycles. The maximum absolute atomic E-state index is 13.4. The second-order valence-electron chi connectivity index (χ2n) is 7.88. The van der Waals surface area contributed by atoms with Crippen LogP contribution in [0.1, 0.15) is 30.9 Å². The maximum Gasteiger partial charge on any atom is 0.170 e. The summed E-state index contributed by atoms with van der Waals surface area (Å²) >= 11 is 0. The van der Waals surface area contributed by atoms with Crippen molar-refractivity contribution >= 4 is 21.7 Å². The molecular formula is C24H24FN3O2. The summed E-state index contributed by atoms with van der Waals surface area (Å²) in [5.74, 6) is 0.999. The van der Waals surface area contributed by atoms with E-state index in [1.165, 1.54) is 12.1 Å². The molecule has 2 aromatic carbocycles. The van der Waals surface area contributed by atoms with Crippen LogP contribution in [0.2, 0.25) is 0 Å². The second-order valence-corrected chi connectivity index (χ2v) is 7.88. The van der Waals surface area contributed by atoms with Gasteiger partial charge in [0, 0.05) is 47.1 Å². The third-order valence-electron chi connectivity index (χ3n) is 5.95. The van der Waals surface area contributed by atoms with Gasteiger partial charge in [-0.25, -0.2) is 4.39 Å². The van der Waals surface area contributed by atoms with Crippen molar-refractivity contribution in [3.63, 3.8) is 0 Å². The van der Waals surface area contributed by atoms with Gasteiger partial charge < -0.3 is 14.2 Å². The summed E-state index contributed by atoms with van der Waals surface area (Å²) in [5, 5.41) is 7.37. The van der Waals surface area contributed by atoms with Gasteiger partial charge in [-0.3, -0.25) is 4.98 Å². The first-order chi connectivity index (χ1) is 14.8. The molecule has 0 unspecified atom stereocenters. The fraction of sp³-hybridized carbons (Fsp3) is 0.333. The van der Waals surface area contributed by atoms with Gasteiger partial charge in [0.25, 0.3) is 0 Å². The van der Waals surface area contributed by atoms with E-state index in [1.54, 1.807) is 12.3 Å². The number of rotatable bonds is 6. The Balaban J connectivity index is 1.11. The molecule has 6 heteroatoms. The number of ether oxygens (including phenoxy) is 1. The van der Waals surface area contributed by atoms with Crippen LogP contribution in [-0.4, -0.2) is 41.3 Å². The van der Waals surface area contributed by atoms with Crippen molar-refractivity contribution in [1.29, 1.82) is 0 Å². The number of halogens is 1. The van der Waals surface area contributed by atoms with Gasteiger partial charge in [0.15, 0.2) is 5.58 Å². The van der Waals surface area contributed by atoms with Crippen LogP contribution in [0, 0.1) is 5.82 Å². The predicted octanol–water partition coefficient (Wildman–Crippen LogP) is 5.16. The summed E-state index contributed by atoms with van der Waals surface area (Å²) in [6.45, 7) is 3.77. The Morgan fingerprint density at radius 2 is 2.00 bits per heavy atom. The summed E-state index contributed by atoms with van der Waals surface area (Å²) < 4.78 is 24.7. The molecule has 0 saturated carbocycles. The molecular weight excluding hydrogens is 381 g/mol. The van der Waals surface area contributed by atoms with Gasteiger partial charge in [-0.2, -0.15) is 0 Å². The molecule has 0 bridgehead atoms. The van der Waals surface area contributed by atoms with Gasteiger partial charge in [0.05, 0.1) is 12.3 Å². The minimum atomic E-state index is -0.289.